The van der Waals surface area contributed by atoms with Crippen molar-refractivity contribution in [3.05, 3.63) is 75.8 Å². The first-order valence-corrected chi connectivity index (χ1v) is 8.69. The first kappa shape index (κ1) is 16.0. The van der Waals surface area contributed by atoms with E-state index in [1.165, 1.54) is 6.08 Å². The molecule has 0 saturated carbocycles. The quantitative estimate of drug-likeness (QED) is 0.568. The summed E-state index contributed by atoms with van der Waals surface area (Å²) in [6.45, 7) is 0. The Labute approximate surface area is 152 Å². The summed E-state index contributed by atoms with van der Waals surface area (Å²) in [6, 6.07) is 14.0. The zero-order valence-electron chi connectivity index (χ0n) is 13.1. The fourth-order valence-corrected chi connectivity index (χ4v) is 3.58. The largest absolute Gasteiger partial charge is 0.446 e. The Balaban J connectivity index is 1.87. The van der Waals surface area contributed by atoms with Crippen LogP contribution in [0.15, 0.2) is 59.1 Å². The molecule has 4 rings (SSSR count). The molecule has 0 radical (unpaired) electrons. The summed E-state index contributed by atoms with van der Waals surface area (Å²) in [5.41, 5.74) is 0.547. The Kier molecular flexibility index (Phi) is 3.69. The lowest BCUT2D eigenvalue weighted by Crippen LogP contribution is -2.40. The third kappa shape index (κ3) is 2.55. The van der Waals surface area contributed by atoms with E-state index in [9.17, 15) is 14.4 Å². The van der Waals surface area contributed by atoms with Crippen molar-refractivity contribution in [3.8, 4) is 0 Å². The molecule has 1 atom stereocenters. The summed E-state index contributed by atoms with van der Waals surface area (Å²) in [7, 11) is 0. The number of esters is 1. The van der Waals surface area contributed by atoms with Gasteiger partial charge in [-0.25, -0.2) is 0 Å². The number of hydrogen-bond acceptors (Lipinski definition) is 4. The summed E-state index contributed by atoms with van der Waals surface area (Å²) in [4.78, 5) is 37.6. The van der Waals surface area contributed by atoms with Gasteiger partial charge in [-0.05, 0) is 35.9 Å². The summed E-state index contributed by atoms with van der Waals surface area (Å²) in [5.74, 6) is -0.879. The van der Waals surface area contributed by atoms with Crippen molar-refractivity contribution in [3.63, 3.8) is 0 Å². The molecular formula is C20H13BrO4. The minimum atomic E-state index is -1.36. The van der Waals surface area contributed by atoms with E-state index in [-0.39, 0.29) is 24.4 Å². The number of carbonyl (C=O) groups excluding carboxylic acids is 3. The molecule has 2 aliphatic rings. The van der Waals surface area contributed by atoms with E-state index in [1.807, 2.05) is 0 Å². The number of hydrogen-bond donors (Lipinski definition) is 0. The third-order valence-corrected chi connectivity index (χ3v) is 5.10. The number of ketones is 2. The molecule has 1 spiro atoms. The van der Waals surface area contributed by atoms with Gasteiger partial charge in [0.15, 0.2) is 11.4 Å². The van der Waals surface area contributed by atoms with Crippen LogP contribution in [-0.4, -0.2) is 23.1 Å². The van der Waals surface area contributed by atoms with Crippen LogP contribution in [0.4, 0.5) is 0 Å². The fraction of sp³-hybridized carbons (Fsp3) is 0.150. The molecule has 0 bridgehead atoms. The van der Waals surface area contributed by atoms with Crippen LogP contribution >= 0.6 is 15.9 Å². The van der Waals surface area contributed by atoms with Crippen molar-refractivity contribution < 1.29 is 19.1 Å². The highest BCUT2D eigenvalue weighted by molar-refractivity contribution is 9.10. The summed E-state index contributed by atoms with van der Waals surface area (Å²) >= 11 is 3.35. The maximum atomic E-state index is 13.1. The average Bonchev–Trinajstić information content (AvgIpc) is 3.00. The number of allylic oxidation sites excluding steroid dienone is 1. The Morgan fingerprint density at radius 2 is 1.68 bits per heavy atom. The topological polar surface area (TPSA) is 60.4 Å². The van der Waals surface area contributed by atoms with E-state index in [2.05, 4.69) is 15.9 Å². The second kappa shape index (κ2) is 5.77. The molecule has 0 unspecified atom stereocenters. The number of ether oxygens (including phenoxy) is 1. The number of benzene rings is 2. The lowest BCUT2D eigenvalue weighted by Gasteiger charge is -2.29. The van der Waals surface area contributed by atoms with Crippen molar-refractivity contribution in [1.29, 1.82) is 0 Å². The van der Waals surface area contributed by atoms with Crippen molar-refractivity contribution in [2.75, 3.05) is 0 Å². The molecule has 0 N–H and O–H groups in total. The smallest absolute Gasteiger partial charge is 0.307 e. The molecule has 4 nitrogen and oxygen atoms in total. The van der Waals surface area contributed by atoms with Crippen LogP contribution in [0.2, 0.25) is 0 Å². The van der Waals surface area contributed by atoms with Crippen LogP contribution in [0.3, 0.4) is 0 Å². The molecule has 1 saturated heterocycles. The number of Topliss-reactive ketones (excluding diaryl/α,β-unsaturated/α-hetero) is 2. The van der Waals surface area contributed by atoms with Gasteiger partial charge in [0.1, 0.15) is 0 Å². The van der Waals surface area contributed by atoms with E-state index < -0.39 is 11.6 Å². The molecule has 1 fully saturated rings. The predicted octanol–water partition coefficient (Wildman–Crippen LogP) is 3.99. The zero-order chi connectivity index (χ0) is 17.6. The van der Waals surface area contributed by atoms with Gasteiger partial charge in [0.2, 0.25) is 5.78 Å². The van der Waals surface area contributed by atoms with E-state index in [0.29, 0.717) is 22.3 Å². The number of rotatable bonds is 2. The molecule has 2 aromatic carbocycles. The van der Waals surface area contributed by atoms with Gasteiger partial charge in [-0.3, -0.25) is 14.4 Å². The summed E-state index contributed by atoms with van der Waals surface area (Å²) in [5, 5.41) is 0. The van der Waals surface area contributed by atoms with Gasteiger partial charge in [0.25, 0.3) is 0 Å². The molecule has 1 aliphatic heterocycles. The third-order valence-electron chi connectivity index (χ3n) is 4.57. The van der Waals surface area contributed by atoms with Crippen LogP contribution < -0.4 is 0 Å². The van der Waals surface area contributed by atoms with Crippen LogP contribution in [0.25, 0.3) is 5.57 Å². The minimum Gasteiger partial charge on any atom is -0.446 e. The average molecular weight is 397 g/mol. The maximum Gasteiger partial charge on any atom is 0.307 e. The van der Waals surface area contributed by atoms with Crippen molar-refractivity contribution in [1.82, 2.24) is 0 Å². The fourth-order valence-electron chi connectivity index (χ4n) is 3.32. The highest BCUT2D eigenvalue weighted by atomic mass is 79.9. The number of carbonyl (C=O) groups is 3. The van der Waals surface area contributed by atoms with Crippen molar-refractivity contribution >= 4 is 39.0 Å². The Hall–Kier alpha value is -2.53. The Morgan fingerprint density at radius 1 is 1.00 bits per heavy atom. The monoisotopic (exact) mass is 396 g/mol. The Bertz CT molecular complexity index is 942. The summed E-state index contributed by atoms with van der Waals surface area (Å²) in [6.07, 6.45) is 1.97. The van der Waals surface area contributed by atoms with E-state index >= 15 is 0 Å². The lowest BCUT2D eigenvalue weighted by molar-refractivity contribution is -0.143. The normalized spacial score (nSPS) is 21.7. The molecule has 2 aromatic rings. The van der Waals surface area contributed by atoms with Gasteiger partial charge in [0.05, 0.1) is 6.42 Å². The summed E-state index contributed by atoms with van der Waals surface area (Å²) < 4.78 is 6.24. The first-order chi connectivity index (χ1) is 12.0. The first-order valence-electron chi connectivity index (χ1n) is 7.89. The van der Waals surface area contributed by atoms with Gasteiger partial charge < -0.3 is 4.74 Å². The van der Waals surface area contributed by atoms with Gasteiger partial charge in [-0.15, -0.1) is 0 Å². The second-order valence-electron chi connectivity index (χ2n) is 6.13. The Morgan fingerprint density at radius 3 is 2.32 bits per heavy atom. The van der Waals surface area contributed by atoms with Gasteiger partial charge in [-0.1, -0.05) is 40.2 Å². The maximum absolute atomic E-state index is 13.1. The highest BCUT2D eigenvalue weighted by Gasteiger charge is 2.49. The molecule has 1 heterocycles. The highest BCUT2D eigenvalue weighted by Crippen LogP contribution is 2.41. The lowest BCUT2D eigenvalue weighted by atomic mass is 9.77. The van der Waals surface area contributed by atoms with E-state index in [4.69, 9.17) is 4.74 Å². The SMILES string of the molecule is O=C1CC[C@]2(C=C(C(=O)c3ccc(Br)cc3)c3ccccc3C2=O)O1. The van der Waals surface area contributed by atoms with Crippen LogP contribution in [0.5, 0.6) is 0 Å². The molecule has 5 heteroatoms. The number of halogens is 1. The van der Waals surface area contributed by atoms with Crippen LogP contribution in [-0.2, 0) is 9.53 Å². The molecular weight excluding hydrogens is 384 g/mol. The predicted molar refractivity (Wildman–Crippen MR) is 95.3 cm³/mol. The number of fused-ring (bicyclic) bond motifs is 1. The van der Waals surface area contributed by atoms with Gasteiger partial charge in [0, 0.05) is 27.6 Å². The second-order valence-corrected chi connectivity index (χ2v) is 7.05. The van der Waals surface area contributed by atoms with Gasteiger partial charge >= 0.3 is 5.97 Å². The molecule has 124 valence electrons. The minimum absolute atomic E-state index is 0.171. The molecule has 1 aliphatic carbocycles. The molecule has 0 amide bonds. The van der Waals surface area contributed by atoms with E-state index in [0.717, 1.165) is 4.47 Å². The zero-order valence-corrected chi connectivity index (χ0v) is 14.7. The van der Waals surface area contributed by atoms with Crippen LogP contribution in [0, 0.1) is 0 Å². The molecule has 0 aromatic heterocycles. The van der Waals surface area contributed by atoms with Crippen molar-refractivity contribution in [2.45, 2.75) is 18.4 Å². The van der Waals surface area contributed by atoms with Crippen LogP contribution in [0.1, 0.15) is 39.1 Å². The van der Waals surface area contributed by atoms with E-state index in [1.54, 1.807) is 48.5 Å². The van der Waals surface area contributed by atoms with Crippen molar-refractivity contribution in [2.24, 2.45) is 0 Å². The standard InChI is InChI=1S/C20H13BrO4/c21-13-7-5-12(6-8-13)18(23)16-11-20(10-9-17(22)25-20)19(24)15-4-2-1-3-14(15)16/h1-8,11H,9-10H2/t20-/m1/s1. The molecule has 25 heavy (non-hydrogen) atoms. The van der Waals surface area contributed by atoms with Gasteiger partial charge in [-0.2, -0.15) is 0 Å².